The predicted octanol–water partition coefficient (Wildman–Crippen LogP) is 2.82. The molecule has 0 spiro atoms. The summed E-state index contributed by atoms with van der Waals surface area (Å²) in [5.41, 5.74) is 6.93. The van der Waals surface area contributed by atoms with Gasteiger partial charge in [0.25, 0.3) is 0 Å². The molecule has 106 valence electrons. The number of aromatic amines is 1. The number of hydrogen-bond donors (Lipinski definition) is 2. The van der Waals surface area contributed by atoms with Crippen molar-refractivity contribution < 1.29 is 0 Å². The van der Waals surface area contributed by atoms with Gasteiger partial charge in [-0.15, -0.1) is 5.10 Å². The molecule has 0 aliphatic carbocycles. The first-order chi connectivity index (χ1) is 9.63. The molecule has 1 fully saturated rings. The maximum absolute atomic E-state index is 6.00. The molecule has 20 heavy (non-hydrogen) atoms. The van der Waals surface area contributed by atoms with Crippen LogP contribution in [0.1, 0.15) is 12.8 Å². The molecule has 1 aliphatic heterocycles. The first-order valence-electron chi connectivity index (χ1n) is 6.52. The van der Waals surface area contributed by atoms with Gasteiger partial charge >= 0.3 is 0 Å². The Labute approximate surface area is 130 Å². The van der Waals surface area contributed by atoms with Crippen LogP contribution in [0.25, 0.3) is 11.4 Å². The predicted molar refractivity (Wildman–Crippen MR) is 84.0 cm³/mol. The van der Waals surface area contributed by atoms with Crippen LogP contribution in [0, 0.1) is 0 Å². The van der Waals surface area contributed by atoms with Crippen molar-refractivity contribution in [1.29, 1.82) is 0 Å². The average molecular weight is 357 g/mol. The Morgan fingerprint density at radius 2 is 2.30 bits per heavy atom. The number of nitrogens with zero attached hydrogens (tertiary/aromatic N) is 3. The molecule has 2 heterocycles. The molecule has 7 heteroatoms. The number of aromatic nitrogens is 3. The fraction of sp³-hybridized carbons (Fsp3) is 0.385. The number of rotatable bonds is 2. The van der Waals surface area contributed by atoms with E-state index in [-0.39, 0.29) is 6.04 Å². The van der Waals surface area contributed by atoms with E-state index >= 15 is 0 Å². The third kappa shape index (κ3) is 2.82. The SMILES string of the molecule is NC1CCCN(c2n[nH]c(-c3ccc(Cl)c(Br)c3)n2)C1. The highest BCUT2D eigenvalue weighted by atomic mass is 79.9. The molecule has 1 aromatic heterocycles. The van der Waals surface area contributed by atoms with Crippen LogP contribution >= 0.6 is 27.5 Å². The third-order valence-electron chi connectivity index (χ3n) is 3.41. The molecule has 3 N–H and O–H groups in total. The van der Waals surface area contributed by atoms with E-state index in [0.717, 1.165) is 41.8 Å². The molecule has 1 unspecified atom stereocenters. The van der Waals surface area contributed by atoms with Crippen molar-refractivity contribution in [3.8, 4) is 11.4 Å². The van der Waals surface area contributed by atoms with Gasteiger partial charge in [0.1, 0.15) is 0 Å². The number of nitrogens with two attached hydrogens (primary N) is 1. The van der Waals surface area contributed by atoms with Gasteiger partial charge in [0.05, 0.1) is 5.02 Å². The lowest BCUT2D eigenvalue weighted by Gasteiger charge is -2.29. The Hall–Kier alpha value is -1.11. The number of anilines is 1. The Morgan fingerprint density at radius 1 is 1.45 bits per heavy atom. The molecule has 3 rings (SSSR count). The number of benzene rings is 1. The first-order valence-corrected chi connectivity index (χ1v) is 7.69. The van der Waals surface area contributed by atoms with Gasteiger partial charge in [-0.05, 0) is 47.0 Å². The quantitative estimate of drug-likeness (QED) is 0.868. The molecule has 1 atom stereocenters. The third-order valence-corrected chi connectivity index (χ3v) is 4.62. The minimum Gasteiger partial charge on any atom is -0.338 e. The zero-order valence-corrected chi connectivity index (χ0v) is 13.2. The number of nitrogens with one attached hydrogen (secondary N) is 1. The number of halogens is 2. The smallest absolute Gasteiger partial charge is 0.245 e. The van der Waals surface area contributed by atoms with Crippen molar-refractivity contribution in [3.05, 3.63) is 27.7 Å². The van der Waals surface area contributed by atoms with E-state index in [2.05, 4.69) is 36.0 Å². The molecule has 1 aromatic carbocycles. The molecular formula is C13H15BrClN5. The summed E-state index contributed by atoms with van der Waals surface area (Å²) in [6.45, 7) is 1.76. The largest absolute Gasteiger partial charge is 0.338 e. The van der Waals surface area contributed by atoms with E-state index in [9.17, 15) is 0 Å². The van der Waals surface area contributed by atoms with Crippen molar-refractivity contribution in [2.75, 3.05) is 18.0 Å². The topological polar surface area (TPSA) is 70.8 Å². The minimum absolute atomic E-state index is 0.204. The molecule has 1 aliphatic rings. The summed E-state index contributed by atoms with van der Waals surface area (Å²) in [6, 6.07) is 5.88. The van der Waals surface area contributed by atoms with Crippen LogP contribution in [0.3, 0.4) is 0 Å². The lowest BCUT2D eigenvalue weighted by molar-refractivity contribution is 0.500. The molecule has 0 amide bonds. The highest BCUT2D eigenvalue weighted by Crippen LogP contribution is 2.28. The fourth-order valence-corrected chi connectivity index (χ4v) is 2.85. The van der Waals surface area contributed by atoms with E-state index in [0.29, 0.717) is 11.0 Å². The molecule has 2 aromatic rings. The number of hydrogen-bond acceptors (Lipinski definition) is 4. The minimum atomic E-state index is 0.204. The Balaban J connectivity index is 1.84. The first kappa shape index (κ1) is 13.9. The summed E-state index contributed by atoms with van der Waals surface area (Å²) in [6.07, 6.45) is 2.15. The molecule has 0 saturated carbocycles. The van der Waals surface area contributed by atoms with Gasteiger partial charge in [-0.2, -0.15) is 4.98 Å². The Morgan fingerprint density at radius 3 is 3.05 bits per heavy atom. The molecule has 0 bridgehead atoms. The van der Waals surface area contributed by atoms with Gasteiger partial charge < -0.3 is 10.6 Å². The Bertz CT molecular complexity index is 615. The molecule has 0 radical (unpaired) electrons. The number of piperidine rings is 1. The molecule has 1 saturated heterocycles. The van der Waals surface area contributed by atoms with E-state index in [1.165, 1.54) is 0 Å². The standard InChI is InChI=1S/C13H15BrClN5/c14-10-6-8(3-4-11(10)15)12-17-13(19-18-12)20-5-1-2-9(16)7-20/h3-4,6,9H,1-2,5,7,16H2,(H,17,18,19). The average Bonchev–Trinajstić information content (AvgIpc) is 2.92. The lowest BCUT2D eigenvalue weighted by atomic mass is 10.1. The van der Waals surface area contributed by atoms with Crippen LogP contribution in [0.5, 0.6) is 0 Å². The van der Waals surface area contributed by atoms with E-state index in [1.807, 2.05) is 18.2 Å². The molecular weight excluding hydrogens is 342 g/mol. The fourth-order valence-electron chi connectivity index (χ4n) is 2.36. The second-order valence-corrected chi connectivity index (χ2v) is 6.22. The van der Waals surface area contributed by atoms with Crippen molar-refractivity contribution in [1.82, 2.24) is 15.2 Å². The maximum atomic E-state index is 6.00. The Kier molecular flexibility index (Phi) is 3.96. The number of H-pyrrole nitrogens is 1. The normalized spacial score (nSPS) is 19.4. The summed E-state index contributed by atoms with van der Waals surface area (Å²) in [5, 5.41) is 7.94. The lowest BCUT2D eigenvalue weighted by Crippen LogP contribution is -2.43. The van der Waals surface area contributed by atoms with Gasteiger partial charge in [-0.1, -0.05) is 11.6 Å². The van der Waals surface area contributed by atoms with E-state index < -0.39 is 0 Å². The summed E-state index contributed by atoms with van der Waals surface area (Å²) >= 11 is 9.41. The molecule has 5 nitrogen and oxygen atoms in total. The highest BCUT2D eigenvalue weighted by Gasteiger charge is 2.20. The van der Waals surface area contributed by atoms with E-state index in [4.69, 9.17) is 17.3 Å². The summed E-state index contributed by atoms with van der Waals surface area (Å²) in [7, 11) is 0. The van der Waals surface area contributed by atoms with Crippen LogP contribution in [0.2, 0.25) is 5.02 Å². The zero-order chi connectivity index (χ0) is 14.1. The van der Waals surface area contributed by atoms with Crippen molar-refractivity contribution in [2.45, 2.75) is 18.9 Å². The highest BCUT2D eigenvalue weighted by molar-refractivity contribution is 9.10. The van der Waals surface area contributed by atoms with Crippen LogP contribution in [0.15, 0.2) is 22.7 Å². The van der Waals surface area contributed by atoms with Gasteiger partial charge in [0, 0.05) is 29.2 Å². The van der Waals surface area contributed by atoms with Crippen molar-refractivity contribution in [3.63, 3.8) is 0 Å². The monoisotopic (exact) mass is 355 g/mol. The van der Waals surface area contributed by atoms with Gasteiger partial charge in [-0.25, -0.2) is 0 Å². The van der Waals surface area contributed by atoms with Crippen molar-refractivity contribution >= 4 is 33.5 Å². The van der Waals surface area contributed by atoms with Gasteiger partial charge in [0.2, 0.25) is 5.95 Å². The summed E-state index contributed by atoms with van der Waals surface area (Å²) in [5.74, 6) is 1.44. The van der Waals surface area contributed by atoms with Crippen LogP contribution in [0.4, 0.5) is 5.95 Å². The second kappa shape index (κ2) is 5.71. The maximum Gasteiger partial charge on any atom is 0.245 e. The summed E-state index contributed by atoms with van der Waals surface area (Å²) < 4.78 is 0.842. The zero-order valence-electron chi connectivity index (χ0n) is 10.8. The van der Waals surface area contributed by atoms with Crippen LogP contribution < -0.4 is 10.6 Å². The van der Waals surface area contributed by atoms with Crippen LogP contribution in [-0.4, -0.2) is 34.3 Å². The summed E-state index contributed by atoms with van der Waals surface area (Å²) in [4.78, 5) is 6.67. The van der Waals surface area contributed by atoms with E-state index in [1.54, 1.807) is 0 Å². The second-order valence-electron chi connectivity index (χ2n) is 4.96. The van der Waals surface area contributed by atoms with Gasteiger partial charge in [0.15, 0.2) is 5.82 Å². The van der Waals surface area contributed by atoms with Crippen molar-refractivity contribution in [2.24, 2.45) is 5.73 Å². The van der Waals surface area contributed by atoms with Crippen LogP contribution in [-0.2, 0) is 0 Å². The van der Waals surface area contributed by atoms with Gasteiger partial charge in [-0.3, -0.25) is 5.10 Å².